The van der Waals surface area contributed by atoms with Crippen molar-refractivity contribution in [3.05, 3.63) is 35.6 Å². The van der Waals surface area contributed by atoms with Crippen LogP contribution in [0.1, 0.15) is 32.3 Å². The van der Waals surface area contributed by atoms with E-state index in [2.05, 4.69) is 5.32 Å². The van der Waals surface area contributed by atoms with Crippen molar-refractivity contribution in [1.29, 1.82) is 0 Å². The third-order valence-corrected chi connectivity index (χ3v) is 3.11. The van der Waals surface area contributed by atoms with Crippen molar-refractivity contribution in [3.63, 3.8) is 0 Å². The molecule has 1 aromatic carbocycles. The number of aryl methyl sites for hydroxylation is 1. The van der Waals surface area contributed by atoms with E-state index >= 15 is 0 Å². The van der Waals surface area contributed by atoms with Crippen LogP contribution >= 0.6 is 0 Å². The van der Waals surface area contributed by atoms with Gasteiger partial charge in [-0.2, -0.15) is 0 Å². The summed E-state index contributed by atoms with van der Waals surface area (Å²) in [5.74, 6) is -0.194. The molecular weight excluding hydrogens is 245 g/mol. The van der Waals surface area contributed by atoms with Gasteiger partial charge in [0.25, 0.3) is 0 Å². The number of benzene rings is 1. The smallest absolute Gasteiger partial charge is 0.220 e. The summed E-state index contributed by atoms with van der Waals surface area (Å²) in [6, 6.07) is 6.47. The lowest BCUT2D eigenvalue weighted by molar-refractivity contribution is -0.121. The van der Waals surface area contributed by atoms with Gasteiger partial charge in [0.15, 0.2) is 0 Å². The zero-order chi connectivity index (χ0) is 14.3. The molecule has 0 radical (unpaired) electrons. The van der Waals surface area contributed by atoms with Gasteiger partial charge in [0, 0.05) is 13.0 Å². The number of halogens is 1. The average Bonchev–Trinajstić information content (AvgIpc) is 2.37. The Labute approximate surface area is 113 Å². The maximum Gasteiger partial charge on any atom is 0.220 e. The second-order valence-electron chi connectivity index (χ2n) is 5.04. The van der Waals surface area contributed by atoms with Gasteiger partial charge in [0.2, 0.25) is 5.91 Å². The number of rotatable bonds is 7. The van der Waals surface area contributed by atoms with Crippen molar-refractivity contribution in [2.24, 2.45) is 5.92 Å². The van der Waals surface area contributed by atoms with Gasteiger partial charge >= 0.3 is 0 Å². The monoisotopic (exact) mass is 267 g/mol. The summed E-state index contributed by atoms with van der Waals surface area (Å²) < 4.78 is 13.3. The van der Waals surface area contributed by atoms with E-state index in [1.165, 1.54) is 6.07 Å². The minimum Gasteiger partial charge on any atom is -0.393 e. The normalized spacial score (nSPS) is 12.5. The maximum absolute atomic E-state index is 13.3. The lowest BCUT2D eigenvalue weighted by Crippen LogP contribution is -2.28. The van der Waals surface area contributed by atoms with Crippen LogP contribution in [0.4, 0.5) is 4.39 Å². The van der Waals surface area contributed by atoms with Crippen LogP contribution in [0.2, 0.25) is 0 Å². The third-order valence-electron chi connectivity index (χ3n) is 3.11. The van der Waals surface area contributed by atoms with Crippen LogP contribution in [0.25, 0.3) is 0 Å². The highest BCUT2D eigenvalue weighted by Gasteiger charge is 2.10. The molecule has 3 nitrogen and oxygen atoms in total. The summed E-state index contributed by atoms with van der Waals surface area (Å²) in [5.41, 5.74) is 0.555. The van der Waals surface area contributed by atoms with Crippen molar-refractivity contribution in [3.8, 4) is 0 Å². The molecule has 0 saturated heterocycles. The number of aliphatic hydroxyl groups is 1. The van der Waals surface area contributed by atoms with Crippen molar-refractivity contribution in [2.75, 3.05) is 6.54 Å². The summed E-state index contributed by atoms with van der Waals surface area (Å²) in [4.78, 5) is 11.6. The van der Waals surface area contributed by atoms with Gasteiger partial charge in [0.05, 0.1) is 6.10 Å². The number of amides is 1. The van der Waals surface area contributed by atoms with Crippen LogP contribution in [0.15, 0.2) is 24.3 Å². The van der Waals surface area contributed by atoms with Gasteiger partial charge in [-0.05, 0) is 30.4 Å². The minimum atomic E-state index is -0.396. The SMILES string of the molecule is CC(C)C(O)CCNC(=O)CCc1ccccc1F. The number of carbonyl (C=O) groups excluding carboxylic acids is 1. The first-order valence-electron chi connectivity index (χ1n) is 6.69. The van der Waals surface area contributed by atoms with Crippen molar-refractivity contribution < 1.29 is 14.3 Å². The fourth-order valence-electron chi connectivity index (χ4n) is 1.73. The van der Waals surface area contributed by atoms with Gasteiger partial charge < -0.3 is 10.4 Å². The van der Waals surface area contributed by atoms with Crippen LogP contribution in [0.5, 0.6) is 0 Å². The molecule has 0 heterocycles. The molecule has 4 heteroatoms. The Hall–Kier alpha value is -1.42. The Morgan fingerprint density at radius 3 is 2.68 bits per heavy atom. The standard InChI is InChI=1S/C15H22FNO2/c1-11(2)14(18)9-10-17-15(19)8-7-12-5-3-4-6-13(12)16/h3-6,11,14,18H,7-10H2,1-2H3,(H,17,19). The van der Waals surface area contributed by atoms with Crippen molar-refractivity contribution >= 4 is 5.91 Å². The molecule has 1 rings (SSSR count). The number of hydrogen-bond acceptors (Lipinski definition) is 2. The Balaban J connectivity index is 2.24. The molecule has 0 fully saturated rings. The summed E-state index contributed by atoms with van der Waals surface area (Å²) in [6.07, 6.45) is 0.805. The van der Waals surface area contributed by atoms with E-state index in [4.69, 9.17) is 0 Å². The Bertz CT molecular complexity index is 407. The molecule has 2 N–H and O–H groups in total. The Morgan fingerprint density at radius 1 is 1.37 bits per heavy atom. The second kappa shape index (κ2) is 7.89. The van der Waals surface area contributed by atoms with E-state index in [0.717, 1.165) is 0 Å². The Morgan fingerprint density at radius 2 is 2.05 bits per heavy atom. The molecule has 1 atom stereocenters. The van der Waals surface area contributed by atoms with E-state index < -0.39 is 6.10 Å². The zero-order valence-corrected chi connectivity index (χ0v) is 11.5. The average molecular weight is 267 g/mol. The molecule has 0 aromatic heterocycles. The van der Waals surface area contributed by atoms with E-state index in [-0.39, 0.29) is 24.1 Å². The highest BCUT2D eigenvalue weighted by atomic mass is 19.1. The topological polar surface area (TPSA) is 49.3 Å². The lowest BCUT2D eigenvalue weighted by atomic mass is 10.0. The summed E-state index contributed by atoms with van der Waals surface area (Å²) in [7, 11) is 0. The highest BCUT2D eigenvalue weighted by molar-refractivity contribution is 5.76. The lowest BCUT2D eigenvalue weighted by Gasteiger charge is -2.14. The number of hydrogen-bond donors (Lipinski definition) is 2. The molecule has 19 heavy (non-hydrogen) atoms. The van der Waals surface area contributed by atoms with Gasteiger partial charge in [-0.3, -0.25) is 4.79 Å². The quantitative estimate of drug-likeness (QED) is 0.796. The van der Waals surface area contributed by atoms with Gasteiger partial charge in [-0.1, -0.05) is 32.0 Å². The van der Waals surface area contributed by atoms with E-state index in [1.54, 1.807) is 18.2 Å². The summed E-state index contributed by atoms with van der Waals surface area (Å²) >= 11 is 0. The van der Waals surface area contributed by atoms with Crippen LogP contribution in [-0.2, 0) is 11.2 Å². The van der Waals surface area contributed by atoms with Gasteiger partial charge in [-0.25, -0.2) is 4.39 Å². The first kappa shape index (κ1) is 15.6. The first-order chi connectivity index (χ1) is 9.00. The van der Waals surface area contributed by atoms with Crippen LogP contribution < -0.4 is 5.32 Å². The van der Waals surface area contributed by atoms with Crippen LogP contribution in [0.3, 0.4) is 0 Å². The largest absolute Gasteiger partial charge is 0.393 e. The van der Waals surface area contributed by atoms with E-state index in [9.17, 15) is 14.3 Å². The second-order valence-corrected chi connectivity index (χ2v) is 5.04. The Kier molecular flexibility index (Phi) is 6.50. The molecule has 0 aliphatic rings. The van der Waals surface area contributed by atoms with E-state index in [0.29, 0.717) is 24.9 Å². The molecule has 1 amide bonds. The van der Waals surface area contributed by atoms with Crippen molar-refractivity contribution in [1.82, 2.24) is 5.32 Å². The zero-order valence-electron chi connectivity index (χ0n) is 11.5. The van der Waals surface area contributed by atoms with Crippen molar-refractivity contribution in [2.45, 2.75) is 39.2 Å². The number of aliphatic hydroxyl groups excluding tert-OH is 1. The van der Waals surface area contributed by atoms with Crippen LogP contribution in [0, 0.1) is 11.7 Å². The first-order valence-corrected chi connectivity index (χ1v) is 6.69. The molecule has 1 aromatic rings. The predicted molar refractivity (Wildman–Crippen MR) is 73.2 cm³/mol. The summed E-state index contributed by atoms with van der Waals surface area (Å²) in [6.45, 7) is 4.32. The molecule has 0 saturated carbocycles. The molecule has 106 valence electrons. The maximum atomic E-state index is 13.3. The minimum absolute atomic E-state index is 0.112. The molecule has 0 aliphatic heterocycles. The van der Waals surface area contributed by atoms with Gasteiger partial charge in [0.1, 0.15) is 5.82 Å². The van der Waals surface area contributed by atoms with Crippen LogP contribution in [-0.4, -0.2) is 23.7 Å². The summed E-state index contributed by atoms with van der Waals surface area (Å²) in [5, 5.41) is 12.3. The number of carbonyl (C=O) groups is 1. The highest BCUT2D eigenvalue weighted by Crippen LogP contribution is 2.09. The number of nitrogens with one attached hydrogen (secondary N) is 1. The predicted octanol–water partition coefficient (Wildman–Crippen LogP) is 2.28. The third kappa shape index (κ3) is 5.83. The fraction of sp³-hybridized carbons (Fsp3) is 0.533. The molecular formula is C15H22FNO2. The molecule has 0 spiro atoms. The molecule has 0 bridgehead atoms. The van der Waals surface area contributed by atoms with Gasteiger partial charge in [-0.15, -0.1) is 0 Å². The van der Waals surface area contributed by atoms with E-state index in [1.807, 2.05) is 13.8 Å². The molecule has 0 aliphatic carbocycles. The fourth-order valence-corrected chi connectivity index (χ4v) is 1.73. The molecule has 1 unspecified atom stereocenters.